The van der Waals surface area contributed by atoms with E-state index in [2.05, 4.69) is 11.4 Å². The van der Waals surface area contributed by atoms with Gasteiger partial charge in [0, 0.05) is 17.7 Å². The van der Waals surface area contributed by atoms with Crippen molar-refractivity contribution in [1.82, 2.24) is 5.32 Å². The van der Waals surface area contributed by atoms with Crippen LogP contribution in [0.2, 0.25) is 0 Å². The first-order chi connectivity index (χ1) is 8.81. The summed E-state index contributed by atoms with van der Waals surface area (Å²) in [5.74, 6) is -1.17. The lowest BCUT2D eigenvalue weighted by atomic mass is 9.93. The highest BCUT2D eigenvalue weighted by atomic mass is 19.1. The molecule has 1 aromatic rings. The zero-order valence-electron chi connectivity index (χ0n) is 9.86. The molecule has 1 N–H and O–H groups in total. The van der Waals surface area contributed by atoms with E-state index in [-0.39, 0.29) is 5.82 Å². The first kappa shape index (κ1) is 11.3. The summed E-state index contributed by atoms with van der Waals surface area (Å²) in [6.45, 7) is 1.69. The third-order valence-electron chi connectivity index (χ3n) is 3.23. The minimum absolute atomic E-state index is 0.265. The Bertz CT molecular complexity index is 485. The van der Waals surface area contributed by atoms with Crippen LogP contribution >= 0.6 is 0 Å². The molecule has 0 amide bonds. The summed E-state index contributed by atoms with van der Waals surface area (Å²) in [5, 5.41) is 3.25. The molecule has 0 fully saturated rings. The molecule has 3 rings (SSSR count). The second-order valence-electron chi connectivity index (χ2n) is 4.31. The summed E-state index contributed by atoms with van der Waals surface area (Å²) in [7, 11) is 0. The van der Waals surface area contributed by atoms with Crippen LogP contribution in [-0.2, 0) is 15.3 Å². The van der Waals surface area contributed by atoms with Crippen molar-refractivity contribution in [2.75, 3.05) is 13.1 Å². The van der Waals surface area contributed by atoms with Crippen LogP contribution in [-0.4, -0.2) is 13.1 Å². The molecule has 0 aromatic heterocycles. The van der Waals surface area contributed by atoms with E-state index in [4.69, 9.17) is 9.47 Å². The predicted molar refractivity (Wildman–Crippen MR) is 65.0 cm³/mol. The Morgan fingerprint density at radius 1 is 1.11 bits per heavy atom. The van der Waals surface area contributed by atoms with Crippen LogP contribution in [0.1, 0.15) is 12.0 Å². The van der Waals surface area contributed by atoms with Crippen molar-refractivity contribution in [1.29, 1.82) is 0 Å². The summed E-state index contributed by atoms with van der Waals surface area (Å²) in [6.07, 6.45) is 5.98. The zero-order chi connectivity index (χ0) is 12.4. The van der Waals surface area contributed by atoms with Gasteiger partial charge < -0.3 is 14.8 Å². The van der Waals surface area contributed by atoms with E-state index in [1.165, 1.54) is 24.7 Å². The van der Waals surface area contributed by atoms with Gasteiger partial charge in [-0.3, -0.25) is 0 Å². The maximum atomic E-state index is 13.0. The monoisotopic (exact) mass is 247 g/mol. The minimum atomic E-state index is -0.907. The zero-order valence-corrected chi connectivity index (χ0v) is 9.86. The van der Waals surface area contributed by atoms with Crippen LogP contribution in [0.25, 0.3) is 0 Å². The summed E-state index contributed by atoms with van der Waals surface area (Å²) < 4.78 is 24.4. The van der Waals surface area contributed by atoms with E-state index >= 15 is 0 Å². The molecule has 3 nitrogen and oxygen atoms in total. The first-order valence-corrected chi connectivity index (χ1v) is 5.98. The molecule has 2 heterocycles. The van der Waals surface area contributed by atoms with Gasteiger partial charge in [-0.2, -0.15) is 0 Å². The first-order valence-electron chi connectivity index (χ1n) is 5.98. The highest BCUT2D eigenvalue weighted by Gasteiger charge is 2.42. The topological polar surface area (TPSA) is 30.5 Å². The molecule has 0 bridgehead atoms. The van der Waals surface area contributed by atoms with Gasteiger partial charge in [-0.05, 0) is 37.2 Å². The average Bonchev–Trinajstić information content (AvgIpc) is 2.91. The van der Waals surface area contributed by atoms with Crippen molar-refractivity contribution in [3.05, 3.63) is 59.8 Å². The summed E-state index contributed by atoms with van der Waals surface area (Å²) in [4.78, 5) is 0. The fourth-order valence-electron chi connectivity index (χ4n) is 2.34. The van der Waals surface area contributed by atoms with Gasteiger partial charge >= 0.3 is 0 Å². The van der Waals surface area contributed by atoms with Crippen LogP contribution in [0.5, 0.6) is 0 Å². The molecule has 0 saturated carbocycles. The lowest BCUT2D eigenvalue weighted by Crippen LogP contribution is -2.34. The van der Waals surface area contributed by atoms with Crippen LogP contribution in [0.4, 0.5) is 4.39 Å². The van der Waals surface area contributed by atoms with Gasteiger partial charge in [0.1, 0.15) is 18.3 Å². The number of rotatable bonds is 2. The highest BCUT2D eigenvalue weighted by molar-refractivity contribution is 5.33. The normalized spacial score (nSPS) is 21.1. The van der Waals surface area contributed by atoms with Gasteiger partial charge in [0.25, 0.3) is 5.79 Å². The molecule has 2 aliphatic rings. The average molecular weight is 247 g/mol. The smallest absolute Gasteiger partial charge is 0.300 e. The van der Waals surface area contributed by atoms with E-state index in [0.29, 0.717) is 0 Å². The molecule has 18 heavy (non-hydrogen) atoms. The molecule has 4 heteroatoms. The standard InChI is InChI=1S/C14H14FNO2/c15-13-3-1-11(2-4-13)14(17-9-10-18-14)12-5-7-16-8-6-12/h1-5,9-10,16H,6-8H2. The van der Waals surface area contributed by atoms with E-state index in [1.807, 2.05) is 0 Å². The Morgan fingerprint density at radius 2 is 1.83 bits per heavy atom. The van der Waals surface area contributed by atoms with E-state index in [9.17, 15) is 4.39 Å². The Hall–Kier alpha value is -1.81. The van der Waals surface area contributed by atoms with Crippen LogP contribution in [0, 0.1) is 5.82 Å². The van der Waals surface area contributed by atoms with Crippen molar-refractivity contribution >= 4 is 0 Å². The van der Waals surface area contributed by atoms with Crippen molar-refractivity contribution in [3.8, 4) is 0 Å². The van der Waals surface area contributed by atoms with Gasteiger partial charge in [-0.15, -0.1) is 0 Å². The predicted octanol–water partition coefficient (Wildman–Crippen LogP) is 2.42. The van der Waals surface area contributed by atoms with Gasteiger partial charge in [-0.25, -0.2) is 4.39 Å². The highest BCUT2D eigenvalue weighted by Crippen LogP contribution is 2.40. The quantitative estimate of drug-likeness (QED) is 0.814. The molecule has 2 aliphatic heterocycles. The molecule has 0 spiro atoms. The van der Waals surface area contributed by atoms with Crippen molar-refractivity contribution in [3.63, 3.8) is 0 Å². The van der Waals surface area contributed by atoms with Crippen LogP contribution in [0.15, 0.2) is 48.4 Å². The summed E-state index contributed by atoms with van der Waals surface area (Å²) in [5.41, 5.74) is 1.87. The van der Waals surface area contributed by atoms with Gasteiger partial charge in [0.15, 0.2) is 0 Å². The number of hydrogen-bond acceptors (Lipinski definition) is 3. The number of benzene rings is 1. The molecule has 0 saturated heterocycles. The van der Waals surface area contributed by atoms with Gasteiger partial charge in [-0.1, -0.05) is 6.08 Å². The second-order valence-corrected chi connectivity index (χ2v) is 4.31. The number of nitrogens with one attached hydrogen (secondary N) is 1. The number of ether oxygens (including phenoxy) is 2. The largest absolute Gasteiger partial charge is 0.449 e. The Kier molecular flexibility index (Phi) is 2.80. The third kappa shape index (κ3) is 1.78. The van der Waals surface area contributed by atoms with Crippen molar-refractivity contribution in [2.24, 2.45) is 0 Å². The lowest BCUT2D eigenvalue weighted by molar-refractivity contribution is -0.119. The van der Waals surface area contributed by atoms with E-state index < -0.39 is 5.79 Å². The molecule has 0 aliphatic carbocycles. The fraction of sp³-hybridized carbons (Fsp3) is 0.286. The number of halogens is 1. The number of hydrogen-bond donors (Lipinski definition) is 1. The molecule has 0 atom stereocenters. The Labute approximate surface area is 105 Å². The van der Waals surface area contributed by atoms with Crippen molar-refractivity contribution in [2.45, 2.75) is 12.2 Å². The van der Waals surface area contributed by atoms with E-state index in [0.717, 1.165) is 30.6 Å². The Balaban J connectivity index is 2.01. The van der Waals surface area contributed by atoms with Gasteiger partial charge in [0.05, 0.1) is 0 Å². The minimum Gasteiger partial charge on any atom is -0.449 e. The SMILES string of the molecule is Fc1ccc(C2(C3=CCNCC3)OC=CO2)cc1. The molecule has 0 radical (unpaired) electrons. The molecular weight excluding hydrogens is 233 g/mol. The molecular formula is C14H14FNO2. The lowest BCUT2D eigenvalue weighted by Gasteiger charge is -2.32. The molecule has 94 valence electrons. The van der Waals surface area contributed by atoms with Crippen LogP contribution in [0.3, 0.4) is 0 Å². The maximum absolute atomic E-state index is 13.0. The van der Waals surface area contributed by atoms with Crippen LogP contribution < -0.4 is 5.32 Å². The maximum Gasteiger partial charge on any atom is 0.300 e. The Morgan fingerprint density at radius 3 is 2.44 bits per heavy atom. The second kappa shape index (κ2) is 4.46. The molecule has 1 aromatic carbocycles. The van der Waals surface area contributed by atoms with E-state index in [1.54, 1.807) is 12.1 Å². The van der Waals surface area contributed by atoms with Crippen molar-refractivity contribution < 1.29 is 13.9 Å². The fourth-order valence-corrected chi connectivity index (χ4v) is 2.34. The molecule has 0 unspecified atom stereocenters. The summed E-state index contributed by atoms with van der Waals surface area (Å²) >= 11 is 0. The summed E-state index contributed by atoms with van der Waals surface area (Å²) in [6, 6.07) is 6.24. The van der Waals surface area contributed by atoms with Gasteiger partial charge in [0.2, 0.25) is 0 Å². The third-order valence-corrected chi connectivity index (χ3v) is 3.23.